The van der Waals surface area contributed by atoms with Gasteiger partial charge in [0.2, 0.25) is 5.95 Å². The highest BCUT2D eigenvalue weighted by molar-refractivity contribution is 6.32. The van der Waals surface area contributed by atoms with Gasteiger partial charge in [-0.2, -0.15) is 4.98 Å². The van der Waals surface area contributed by atoms with Crippen LogP contribution in [0.3, 0.4) is 0 Å². The topological polar surface area (TPSA) is 68.3 Å². The van der Waals surface area contributed by atoms with Crippen LogP contribution < -0.4 is 20.1 Å². The zero-order chi connectivity index (χ0) is 19.4. The second-order valence-corrected chi connectivity index (χ2v) is 6.43. The van der Waals surface area contributed by atoms with Crippen molar-refractivity contribution in [1.29, 1.82) is 0 Å². The molecule has 0 saturated heterocycles. The Balaban J connectivity index is 1.91. The molecule has 3 aromatic rings. The summed E-state index contributed by atoms with van der Waals surface area (Å²) in [7, 11) is 3.15. The van der Waals surface area contributed by atoms with Gasteiger partial charge < -0.3 is 20.1 Å². The van der Waals surface area contributed by atoms with Crippen molar-refractivity contribution < 1.29 is 9.47 Å². The summed E-state index contributed by atoms with van der Waals surface area (Å²) in [5, 5.41) is 6.95. The molecule has 0 atom stereocenters. The van der Waals surface area contributed by atoms with Gasteiger partial charge in [-0.3, -0.25) is 0 Å². The lowest BCUT2D eigenvalue weighted by molar-refractivity contribution is 0.405. The van der Waals surface area contributed by atoms with Gasteiger partial charge in [0.05, 0.1) is 24.9 Å². The Labute approximate surface area is 163 Å². The summed E-state index contributed by atoms with van der Waals surface area (Å²) in [5.74, 6) is 2.26. The average Bonchev–Trinajstić information content (AvgIpc) is 2.62. The lowest BCUT2D eigenvalue weighted by atomic mass is 10.2. The molecule has 0 radical (unpaired) electrons. The van der Waals surface area contributed by atoms with Gasteiger partial charge >= 0.3 is 0 Å². The van der Waals surface area contributed by atoms with Crippen LogP contribution in [-0.2, 0) is 0 Å². The molecular weight excluding hydrogens is 364 g/mol. The van der Waals surface area contributed by atoms with Gasteiger partial charge in [-0.25, -0.2) is 4.98 Å². The Bertz CT molecular complexity index is 963. The van der Waals surface area contributed by atoms with Crippen LogP contribution in [0.1, 0.15) is 11.3 Å². The van der Waals surface area contributed by atoms with E-state index in [1.54, 1.807) is 26.4 Å². The second-order valence-electron chi connectivity index (χ2n) is 6.02. The van der Waals surface area contributed by atoms with Crippen molar-refractivity contribution in [2.75, 3.05) is 24.9 Å². The van der Waals surface area contributed by atoms with Crippen LogP contribution in [0.15, 0.2) is 42.5 Å². The summed E-state index contributed by atoms with van der Waals surface area (Å²) >= 11 is 6.17. The van der Waals surface area contributed by atoms with E-state index in [2.05, 4.69) is 20.6 Å². The molecule has 3 rings (SSSR count). The van der Waals surface area contributed by atoms with Gasteiger partial charge in [0.25, 0.3) is 0 Å². The van der Waals surface area contributed by atoms with E-state index < -0.39 is 0 Å². The van der Waals surface area contributed by atoms with E-state index in [4.69, 9.17) is 21.1 Å². The molecule has 0 aliphatic heterocycles. The number of aromatic nitrogens is 2. The fourth-order valence-electron chi connectivity index (χ4n) is 2.64. The van der Waals surface area contributed by atoms with Crippen molar-refractivity contribution in [2.45, 2.75) is 13.8 Å². The van der Waals surface area contributed by atoms with Gasteiger partial charge in [0.1, 0.15) is 17.3 Å². The second kappa shape index (κ2) is 8.14. The van der Waals surface area contributed by atoms with Crippen molar-refractivity contribution in [3.63, 3.8) is 0 Å². The fourth-order valence-corrected chi connectivity index (χ4v) is 2.87. The Morgan fingerprint density at radius 2 is 1.67 bits per heavy atom. The minimum Gasteiger partial charge on any atom is -0.495 e. The maximum Gasteiger partial charge on any atom is 0.229 e. The zero-order valence-electron chi connectivity index (χ0n) is 15.6. The summed E-state index contributed by atoms with van der Waals surface area (Å²) < 4.78 is 10.7. The predicted octanol–water partition coefficient (Wildman–Crippen LogP) is 5.25. The van der Waals surface area contributed by atoms with E-state index in [1.807, 2.05) is 44.2 Å². The number of aryl methyl sites for hydroxylation is 2. The Morgan fingerprint density at radius 1 is 0.889 bits per heavy atom. The number of nitrogens with one attached hydrogen (secondary N) is 2. The van der Waals surface area contributed by atoms with Crippen LogP contribution in [0.5, 0.6) is 11.5 Å². The van der Waals surface area contributed by atoms with Crippen molar-refractivity contribution >= 4 is 34.7 Å². The Morgan fingerprint density at radius 3 is 2.37 bits per heavy atom. The highest BCUT2D eigenvalue weighted by Crippen LogP contribution is 2.37. The smallest absolute Gasteiger partial charge is 0.229 e. The minimum absolute atomic E-state index is 0.473. The number of methoxy groups -OCH3 is 2. The van der Waals surface area contributed by atoms with E-state index in [0.29, 0.717) is 34.0 Å². The summed E-state index contributed by atoms with van der Waals surface area (Å²) in [6, 6.07) is 13.3. The maximum atomic E-state index is 6.17. The lowest BCUT2D eigenvalue weighted by Gasteiger charge is -2.14. The van der Waals surface area contributed by atoms with E-state index in [9.17, 15) is 0 Å². The molecule has 1 heterocycles. The fraction of sp³-hybridized carbons (Fsp3) is 0.200. The molecule has 0 fully saturated rings. The molecule has 0 spiro atoms. The quantitative estimate of drug-likeness (QED) is 0.604. The third-order valence-electron chi connectivity index (χ3n) is 3.87. The van der Waals surface area contributed by atoms with Crippen LogP contribution in [0.2, 0.25) is 5.02 Å². The number of nitrogens with zero attached hydrogens (tertiary/aromatic N) is 2. The molecule has 140 valence electrons. The van der Waals surface area contributed by atoms with Gasteiger partial charge in [-0.05, 0) is 31.5 Å². The Kier molecular flexibility index (Phi) is 5.66. The number of hydrogen-bond donors (Lipinski definition) is 2. The van der Waals surface area contributed by atoms with Crippen LogP contribution in [-0.4, -0.2) is 24.2 Å². The molecule has 1 aromatic heterocycles. The molecule has 0 saturated carbocycles. The standard InChI is InChI=1S/C20H21ClN4O2/c1-12-6-5-7-14(8-12)23-20-22-13(2)9-19(25-20)24-16-11-17(26-3)15(21)10-18(16)27-4/h5-11H,1-4H3,(H2,22,23,24,25). The largest absolute Gasteiger partial charge is 0.495 e. The monoisotopic (exact) mass is 384 g/mol. The first-order valence-electron chi connectivity index (χ1n) is 8.36. The molecule has 6 nitrogen and oxygen atoms in total. The van der Waals surface area contributed by atoms with Crippen molar-refractivity contribution in [3.8, 4) is 11.5 Å². The van der Waals surface area contributed by atoms with E-state index >= 15 is 0 Å². The predicted molar refractivity (Wildman–Crippen MR) is 109 cm³/mol. The number of anilines is 4. The van der Waals surface area contributed by atoms with Crippen molar-refractivity contribution in [3.05, 3.63) is 58.7 Å². The van der Waals surface area contributed by atoms with Crippen molar-refractivity contribution in [2.24, 2.45) is 0 Å². The Hall–Kier alpha value is -2.99. The molecule has 0 bridgehead atoms. The molecular formula is C20H21ClN4O2. The van der Waals surface area contributed by atoms with Crippen LogP contribution in [0, 0.1) is 13.8 Å². The number of benzene rings is 2. The van der Waals surface area contributed by atoms with Crippen LogP contribution >= 0.6 is 11.6 Å². The third kappa shape index (κ3) is 4.60. The van der Waals surface area contributed by atoms with Gasteiger partial charge in [-0.1, -0.05) is 23.7 Å². The van der Waals surface area contributed by atoms with Gasteiger partial charge in [-0.15, -0.1) is 0 Å². The third-order valence-corrected chi connectivity index (χ3v) is 4.16. The number of hydrogen-bond acceptors (Lipinski definition) is 6. The first-order chi connectivity index (χ1) is 13.0. The lowest BCUT2D eigenvalue weighted by Crippen LogP contribution is -2.03. The molecule has 7 heteroatoms. The van der Waals surface area contributed by atoms with Crippen LogP contribution in [0.4, 0.5) is 23.1 Å². The minimum atomic E-state index is 0.473. The average molecular weight is 385 g/mol. The first-order valence-corrected chi connectivity index (χ1v) is 8.74. The molecule has 0 amide bonds. The highest BCUT2D eigenvalue weighted by Gasteiger charge is 2.12. The maximum absolute atomic E-state index is 6.17. The van der Waals surface area contributed by atoms with Crippen molar-refractivity contribution in [1.82, 2.24) is 9.97 Å². The highest BCUT2D eigenvalue weighted by atomic mass is 35.5. The summed E-state index contributed by atoms with van der Waals surface area (Å²) in [6.07, 6.45) is 0. The molecule has 2 N–H and O–H groups in total. The summed E-state index contributed by atoms with van der Waals surface area (Å²) in [5.41, 5.74) is 3.60. The zero-order valence-corrected chi connectivity index (χ0v) is 16.4. The number of rotatable bonds is 6. The normalized spacial score (nSPS) is 10.4. The molecule has 0 aliphatic rings. The van der Waals surface area contributed by atoms with Gasteiger partial charge in [0, 0.05) is 29.6 Å². The van der Waals surface area contributed by atoms with Gasteiger partial charge in [0.15, 0.2) is 0 Å². The number of ether oxygens (including phenoxy) is 2. The number of halogens is 1. The SMILES string of the molecule is COc1cc(Nc2cc(C)nc(Nc3cccc(C)c3)n2)c(OC)cc1Cl. The molecule has 0 unspecified atom stereocenters. The summed E-state index contributed by atoms with van der Waals surface area (Å²) in [6.45, 7) is 3.95. The summed E-state index contributed by atoms with van der Waals surface area (Å²) in [4.78, 5) is 9.00. The molecule has 27 heavy (non-hydrogen) atoms. The van der Waals surface area contributed by atoms with E-state index in [0.717, 1.165) is 16.9 Å². The van der Waals surface area contributed by atoms with E-state index in [1.165, 1.54) is 0 Å². The van der Waals surface area contributed by atoms with Crippen LogP contribution in [0.25, 0.3) is 0 Å². The molecule has 0 aliphatic carbocycles. The first kappa shape index (κ1) is 18.8. The molecule has 2 aromatic carbocycles. The van der Waals surface area contributed by atoms with E-state index in [-0.39, 0.29) is 0 Å².